The fraction of sp³-hybridized carbons (Fsp3) is 0. The van der Waals surface area contributed by atoms with E-state index in [1.165, 1.54) is 65.6 Å². The normalized spacial score (nSPS) is 11.7. The Hall–Kier alpha value is -8.66. The Morgan fingerprint density at radius 3 is 1.65 bits per heavy atom. The molecule has 11 aromatic carbocycles. The lowest BCUT2D eigenvalue weighted by molar-refractivity contribution is 0.669. The van der Waals surface area contributed by atoms with Gasteiger partial charge in [-0.05, 0) is 116 Å². The summed E-state index contributed by atoms with van der Waals surface area (Å²) in [5, 5.41) is 9.50. The minimum absolute atomic E-state index is 0.841. The highest BCUT2D eigenvalue weighted by Gasteiger charge is 2.23. The van der Waals surface area contributed by atoms with E-state index in [2.05, 4.69) is 252 Å². The van der Waals surface area contributed by atoms with Crippen molar-refractivity contribution < 1.29 is 4.42 Å². The van der Waals surface area contributed by atoms with Gasteiger partial charge in [-0.25, -0.2) is 0 Å². The number of fused-ring (bicyclic) bond motifs is 8. The van der Waals surface area contributed by atoms with Gasteiger partial charge in [0, 0.05) is 33.1 Å². The number of hydrogen-bond donors (Lipinski definition) is 0. The second-order valence-corrected chi connectivity index (χ2v) is 16.8. The van der Waals surface area contributed by atoms with Crippen molar-refractivity contribution in [1.29, 1.82) is 0 Å². The maximum absolute atomic E-state index is 6.87. The Labute approximate surface area is 376 Å². The van der Waals surface area contributed by atoms with Crippen LogP contribution < -0.4 is 4.90 Å². The highest BCUT2D eigenvalue weighted by molar-refractivity contribution is 6.16. The Bertz CT molecular complexity index is 3890. The molecule has 304 valence electrons. The van der Waals surface area contributed by atoms with Crippen molar-refractivity contribution in [1.82, 2.24) is 4.57 Å². The summed E-state index contributed by atoms with van der Waals surface area (Å²) in [5.74, 6) is 0. The maximum Gasteiger partial charge on any atom is 0.137 e. The molecule has 3 heteroatoms. The van der Waals surface area contributed by atoms with Crippen LogP contribution in [-0.4, -0.2) is 4.57 Å². The zero-order chi connectivity index (χ0) is 42.8. The summed E-state index contributed by atoms with van der Waals surface area (Å²) in [6.07, 6.45) is 0. The maximum atomic E-state index is 6.87. The highest BCUT2D eigenvalue weighted by atomic mass is 16.3. The van der Waals surface area contributed by atoms with Gasteiger partial charge in [-0.2, -0.15) is 0 Å². The average Bonchev–Trinajstić information content (AvgIpc) is 3.93. The Kier molecular flexibility index (Phi) is 8.53. The second-order valence-electron chi connectivity index (χ2n) is 16.8. The first-order valence-corrected chi connectivity index (χ1v) is 22.3. The number of anilines is 3. The molecule has 0 aliphatic heterocycles. The van der Waals surface area contributed by atoms with Crippen LogP contribution in [0.1, 0.15) is 0 Å². The molecule has 0 bridgehead atoms. The Morgan fingerprint density at radius 2 is 0.892 bits per heavy atom. The minimum Gasteiger partial charge on any atom is -0.456 e. The Balaban J connectivity index is 1.01. The fourth-order valence-electron chi connectivity index (χ4n) is 10.3. The highest BCUT2D eigenvalue weighted by Crippen LogP contribution is 2.48. The number of para-hydroxylation sites is 3. The predicted octanol–water partition coefficient (Wildman–Crippen LogP) is 17.5. The third-order valence-corrected chi connectivity index (χ3v) is 13.2. The van der Waals surface area contributed by atoms with Crippen LogP contribution in [0.15, 0.2) is 247 Å². The molecule has 3 nitrogen and oxygen atoms in total. The van der Waals surface area contributed by atoms with Crippen LogP contribution >= 0.6 is 0 Å². The average molecular weight is 829 g/mol. The molecule has 2 heterocycles. The van der Waals surface area contributed by atoms with E-state index in [0.29, 0.717) is 0 Å². The lowest BCUT2D eigenvalue weighted by Crippen LogP contribution is -2.12. The molecule has 0 amide bonds. The van der Waals surface area contributed by atoms with Gasteiger partial charge in [0.05, 0.1) is 27.8 Å². The molecule has 0 aliphatic rings. The van der Waals surface area contributed by atoms with Crippen molar-refractivity contribution in [2.75, 3.05) is 4.90 Å². The Morgan fingerprint density at radius 1 is 0.323 bits per heavy atom. The van der Waals surface area contributed by atoms with Crippen molar-refractivity contribution in [3.05, 3.63) is 243 Å². The van der Waals surface area contributed by atoms with E-state index in [4.69, 9.17) is 4.42 Å². The summed E-state index contributed by atoms with van der Waals surface area (Å²) >= 11 is 0. The summed E-state index contributed by atoms with van der Waals surface area (Å²) < 4.78 is 9.25. The first-order chi connectivity index (χ1) is 32.3. The molecule has 0 atom stereocenters. The zero-order valence-electron chi connectivity index (χ0n) is 35.4. The molecular weight excluding hydrogens is 789 g/mol. The van der Waals surface area contributed by atoms with Crippen molar-refractivity contribution in [3.8, 4) is 39.1 Å². The number of nitrogens with zero attached hydrogens (tertiary/aromatic N) is 2. The molecule has 65 heavy (non-hydrogen) atoms. The van der Waals surface area contributed by atoms with Gasteiger partial charge >= 0.3 is 0 Å². The molecular formula is C62H40N2O. The molecule has 0 saturated carbocycles. The van der Waals surface area contributed by atoms with Crippen molar-refractivity contribution in [2.45, 2.75) is 0 Å². The number of benzene rings is 11. The number of furan rings is 1. The van der Waals surface area contributed by atoms with Gasteiger partial charge in [-0.3, -0.25) is 0 Å². The molecule has 0 radical (unpaired) electrons. The van der Waals surface area contributed by atoms with Crippen molar-refractivity contribution >= 4 is 82.4 Å². The van der Waals surface area contributed by atoms with Crippen LogP contribution in [0.4, 0.5) is 17.1 Å². The topological polar surface area (TPSA) is 21.3 Å². The van der Waals surface area contributed by atoms with Gasteiger partial charge in [0.15, 0.2) is 0 Å². The van der Waals surface area contributed by atoms with E-state index in [9.17, 15) is 0 Å². The first-order valence-electron chi connectivity index (χ1n) is 22.3. The first kappa shape index (κ1) is 36.9. The third kappa shape index (κ3) is 5.97. The van der Waals surface area contributed by atoms with E-state index in [0.717, 1.165) is 55.8 Å². The van der Waals surface area contributed by atoms with Crippen LogP contribution in [0.5, 0.6) is 0 Å². The molecule has 13 rings (SSSR count). The van der Waals surface area contributed by atoms with Crippen molar-refractivity contribution in [3.63, 3.8) is 0 Å². The standard InChI is InChI=1S/C62H40N2O/c1-2-16-41(17-3-1)47-38-39-48(50-22-7-6-21-49(47)50)43-32-37-55-61(40-43)65-60-31-15-30-59(62(55)60)64(56-27-11-8-23-52(56)51-26-14-19-42-18-4-5-20-46(42)51)45-35-33-44(34-36-45)63-57-28-12-9-24-53(57)54-25-10-13-29-58(54)63/h1-40H. The SMILES string of the molecule is c1ccc(-c2ccc(-c3ccc4c(c3)oc3cccc(N(c5ccc(-n6c7ccccc7c7ccccc76)cc5)c5ccccc5-c5cccc6ccccc56)c34)c3ccccc23)cc1. The molecule has 0 unspecified atom stereocenters. The van der Waals surface area contributed by atoms with Crippen molar-refractivity contribution in [2.24, 2.45) is 0 Å². The van der Waals surface area contributed by atoms with Crippen LogP contribution in [0, 0.1) is 0 Å². The largest absolute Gasteiger partial charge is 0.456 e. The molecule has 0 saturated heterocycles. The third-order valence-electron chi connectivity index (χ3n) is 13.2. The van der Waals surface area contributed by atoms with E-state index in [1.807, 2.05) is 0 Å². The molecule has 0 fully saturated rings. The molecule has 2 aromatic heterocycles. The molecule has 0 aliphatic carbocycles. The molecule has 13 aromatic rings. The summed E-state index contributed by atoms with van der Waals surface area (Å²) in [6.45, 7) is 0. The van der Waals surface area contributed by atoms with Crippen LogP contribution in [0.3, 0.4) is 0 Å². The number of rotatable bonds is 7. The quantitative estimate of drug-likeness (QED) is 0.160. The monoisotopic (exact) mass is 828 g/mol. The zero-order valence-corrected chi connectivity index (χ0v) is 35.4. The van der Waals surface area contributed by atoms with Crippen LogP contribution in [0.25, 0.3) is 104 Å². The summed E-state index contributed by atoms with van der Waals surface area (Å²) in [7, 11) is 0. The van der Waals surface area contributed by atoms with Crippen LogP contribution in [-0.2, 0) is 0 Å². The summed E-state index contributed by atoms with van der Waals surface area (Å²) in [4.78, 5) is 2.42. The number of aromatic nitrogens is 1. The van der Waals surface area contributed by atoms with Crippen LogP contribution in [0.2, 0.25) is 0 Å². The number of hydrogen-bond acceptors (Lipinski definition) is 2. The minimum atomic E-state index is 0.841. The van der Waals surface area contributed by atoms with E-state index in [1.54, 1.807) is 0 Å². The van der Waals surface area contributed by atoms with E-state index >= 15 is 0 Å². The molecule has 0 N–H and O–H groups in total. The smallest absolute Gasteiger partial charge is 0.137 e. The fourth-order valence-corrected chi connectivity index (χ4v) is 10.3. The second kappa shape index (κ2) is 15.0. The van der Waals surface area contributed by atoms with Gasteiger partial charge in [-0.1, -0.05) is 176 Å². The lowest BCUT2D eigenvalue weighted by atomic mass is 9.92. The van der Waals surface area contributed by atoms with Gasteiger partial charge < -0.3 is 13.9 Å². The van der Waals surface area contributed by atoms with Gasteiger partial charge in [0.1, 0.15) is 11.2 Å². The van der Waals surface area contributed by atoms with Gasteiger partial charge in [0.2, 0.25) is 0 Å². The van der Waals surface area contributed by atoms with Gasteiger partial charge in [-0.15, -0.1) is 0 Å². The van der Waals surface area contributed by atoms with Gasteiger partial charge in [0.25, 0.3) is 0 Å². The van der Waals surface area contributed by atoms with E-state index in [-0.39, 0.29) is 0 Å². The van der Waals surface area contributed by atoms with E-state index < -0.39 is 0 Å². The lowest BCUT2D eigenvalue weighted by Gasteiger charge is -2.29. The summed E-state index contributed by atoms with van der Waals surface area (Å²) in [5.41, 5.74) is 15.4. The summed E-state index contributed by atoms with van der Waals surface area (Å²) in [6, 6.07) is 87.6. The predicted molar refractivity (Wildman–Crippen MR) is 274 cm³/mol. The molecule has 0 spiro atoms.